The van der Waals surface area contributed by atoms with Crippen LogP contribution in [-0.2, 0) is 12.8 Å². The van der Waals surface area contributed by atoms with Crippen LogP contribution in [0.15, 0.2) is 24.3 Å². The van der Waals surface area contributed by atoms with Crippen LogP contribution in [-0.4, -0.2) is 30.1 Å². The van der Waals surface area contributed by atoms with E-state index in [2.05, 4.69) is 37.1 Å². The lowest BCUT2D eigenvalue weighted by Crippen LogP contribution is -2.34. The molecule has 160 valence electrons. The first-order valence-electron chi connectivity index (χ1n) is 10.8. The summed E-state index contributed by atoms with van der Waals surface area (Å²) in [6.07, 6.45) is 4.83. The van der Waals surface area contributed by atoms with Crippen LogP contribution < -0.4 is 10.2 Å². The standard InChI is InChI=1S/C24H31N3O2S/c1-4-17(15-26-23(29)19-8-5-6-10-21(19)28)11-12-22-20(14-25)18-9-7-13-27(16(2)3)24(18)30-22/h5-6,8,10,16-17,28H,4,7,9,11-13,15H2,1-3H3,(H,26,29). The molecular formula is C24H31N3O2S. The minimum Gasteiger partial charge on any atom is -0.507 e. The zero-order valence-electron chi connectivity index (χ0n) is 18.1. The van der Waals surface area contributed by atoms with Crippen LogP contribution in [0.4, 0.5) is 5.00 Å². The largest absolute Gasteiger partial charge is 0.507 e. The summed E-state index contributed by atoms with van der Waals surface area (Å²) < 4.78 is 0. The van der Waals surface area contributed by atoms with Crippen LogP contribution in [0.3, 0.4) is 0 Å². The number of hydrogen-bond donors (Lipinski definition) is 2. The van der Waals surface area contributed by atoms with Crippen LogP contribution in [0.25, 0.3) is 0 Å². The third kappa shape index (κ3) is 4.79. The van der Waals surface area contributed by atoms with Crippen LogP contribution in [0, 0.1) is 17.2 Å². The molecule has 1 atom stereocenters. The molecule has 30 heavy (non-hydrogen) atoms. The fourth-order valence-corrected chi connectivity index (χ4v) is 5.55. The highest BCUT2D eigenvalue weighted by molar-refractivity contribution is 7.16. The van der Waals surface area contributed by atoms with E-state index in [1.165, 1.54) is 21.5 Å². The molecular weight excluding hydrogens is 394 g/mol. The second kappa shape index (κ2) is 9.99. The van der Waals surface area contributed by atoms with Crippen molar-refractivity contribution < 1.29 is 9.90 Å². The first-order valence-corrected chi connectivity index (χ1v) is 11.6. The van der Waals surface area contributed by atoms with E-state index in [0.29, 0.717) is 24.1 Å². The Morgan fingerprint density at radius 2 is 2.13 bits per heavy atom. The normalized spacial score (nSPS) is 14.3. The first kappa shape index (κ1) is 22.2. The molecule has 1 aromatic heterocycles. The van der Waals surface area contributed by atoms with Gasteiger partial charge in [0.05, 0.1) is 16.1 Å². The van der Waals surface area contributed by atoms with Crippen molar-refractivity contribution >= 4 is 22.2 Å². The van der Waals surface area contributed by atoms with Gasteiger partial charge in [-0.3, -0.25) is 4.79 Å². The number of nitrogens with one attached hydrogen (secondary N) is 1. The second-order valence-corrected chi connectivity index (χ2v) is 9.31. The quantitative estimate of drug-likeness (QED) is 0.632. The molecule has 1 aliphatic heterocycles. The van der Waals surface area contributed by atoms with Gasteiger partial charge in [0.1, 0.15) is 11.8 Å². The van der Waals surface area contributed by atoms with Gasteiger partial charge in [-0.2, -0.15) is 5.26 Å². The Labute approximate surface area is 183 Å². The Morgan fingerprint density at radius 3 is 2.80 bits per heavy atom. The third-order valence-corrected chi connectivity index (χ3v) is 7.27. The minimum absolute atomic E-state index is 0.000540. The number of fused-ring (bicyclic) bond motifs is 1. The predicted octanol–water partition coefficient (Wildman–Crippen LogP) is 4.88. The van der Waals surface area contributed by atoms with Crippen LogP contribution >= 0.6 is 11.3 Å². The van der Waals surface area contributed by atoms with Crippen molar-refractivity contribution in [3.63, 3.8) is 0 Å². The van der Waals surface area contributed by atoms with Gasteiger partial charge < -0.3 is 15.3 Å². The number of carbonyl (C=O) groups is 1. The van der Waals surface area contributed by atoms with Gasteiger partial charge in [-0.05, 0) is 57.6 Å². The summed E-state index contributed by atoms with van der Waals surface area (Å²) in [4.78, 5) is 16.0. The molecule has 0 saturated heterocycles. The van der Waals surface area contributed by atoms with E-state index in [4.69, 9.17) is 0 Å². The Balaban J connectivity index is 1.65. The molecule has 2 heterocycles. The number of phenols is 1. The summed E-state index contributed by atoms with van der Waals surface area (Å²) >= 11 is 1.78. The van der Waals surface area contributed by atoms with Crippen molar-refractivity contribution in [2.24, 2.45) is 5.92 Å². The number of amides is 1. The SMILES string of the molecule is CCC(CCc1sc2c(c1C#N)CCCN2C(C)C)CNC(=O)c1ccccc1O. The molecule has 0 radical (unpaired) electrons. The number of aromatic hydroxyl groups is 1. The molecule has 1 unspecified atom stereocenters. The van der Waals surface area contributed by atoms with E-state index in [1.807, 2.05) is 0 Å². The molecule has 0 spiro atoms. The molecule has 1 aliphatic rings. The lowest BCUT2D eigenvalue weighted by molar-refractivity contribution is 0.0943. The number of anilines is 1. The van der Waals surface area contributed by atoms with E-state index >= 15 is 0 Å². The number of hydrogen-bond acceptors (Lipinski definition) is 5. The summed E-state index contributed by atoms with van der Waals surface area (Å²) in [5.41, 5.74) is 2.42. The average Bonchev–Trinajstić information content (AvgIpc) is 3.11. The van der Waals surface area contributed by atoms with Gasteiger partial charge in [0, 0.05) is 29.6 Å². The summed E-state index contributed by atoms with van der Waals surface area (Å²) in [7, 11) is 0. The number of thiophene rings is 1. The second-order valence-electron chi connectivity index (χ2n) is 8.23. The lowest BCUT2D eigenvalue weighted by atomic mass is 9.96. The fraction of sp³-hybridized carbons (Fsp3) is 0.500. The van der Waals surface area contributed by atoms with E-state index in [-0.39, 0.29) is 11.7 Å². The lowest BCUT2D eigenvalue weighted by Gasteiger charge is -2.32. The van der Waals surface area contributed by atoms with Crippen molar-refractivity contribution in [3.8, 4) is 11.8 Å². The summed E-state index contributed by atoms with van der Waals surface area (Å²) in [5, 5.41) is 23.9. The zero-order valence-corrected chi connectivity index (χ0v) is 18.9. The van der Waals surface area contributed by atoms with Gasteiger partial charge in [0.25, 0.3) is 5.91 Å². The highest BCUT2D eigenvalue weighted by Gasteiger charge is 2.27. The van der Waals surface area contributed by atoms with Crippen LogP contribution in [0.1, 0.15) is 66.4 Å². The maximum Gasteiger partial charge on any atom is 0.255 e. The molecule has 5 nitrogen and oxygen atoms in total. The molecule has 2 N–H and O–H groups in total. The van der Waals surface area contributed by atoms with E-state index in [1.54, 1.807) is 29.5 Å². The number of nitrogens with zero attached hydrogens (tertiary/aromatic N) is 2. The predicted molar refractivity (Wildman–Crippen MR) is 122 cm³/mol. The fourth-order valence-electron chi connectivity index (χ4n) is 4.08. The van der Waals surface area contributed by atoms with Gasteiger partial charge in [-0.1, -0.05) is 25.5 Å². The van der Waals surface area contributed by atoms with Gasteiger partial charge in [-0.15, -0.1) is 11.3 Å². The summed E-state index contributed by atoms with van der Waals surface area (Å²) in [6, 6.07) is 9.51. The van der Waals surface area contributed by atoms with Crippen molar-refractivity contribution in [3.05, 3.63) is 45.8 Å². The first-order chi connectivity index (χ1) is 14.5. The third-order valence-electron chi connectivity index (χ3n) is 5.94. The smallest absolute Gasteiger partial charge is 0.255 e. The Bertz CT molecular complexity index is 929. The number of benzene rings is 1. The highest BCUT2D eigenvalue weighted by atomic mass is 32.1. The number of phenolic OH excluding ortho intramolecular Hbond substituents is 1. The molecule has 2 aromatic rings. The van der Waals surface area contributed by atoms with Gasteiger partial charge in [-0.25, -0.2) is 0 Å². The van der Waals surface area contributed by atoms with Crippen LogP contribution in [0.5, 0.6) is 5.75 Å². The van der Waals surface area contributed by atoms with Gasteiger partial charge in [0.15, 0.2) is 0 Å². The van der Waals surface area contributed by atoms with E-state index < -0.39 is 0 Å². The molecule has 3 rings (SSSR count). The van der Waals surface area contributed by atoms with E-state index in [0.717, 1.165) is 44.2 Å². The number of para-hydroxylation sites is 1. The summed E-state index contributed by atoms with van der Waals surface area (Å²) in [6.45, 7) is 8.17. The summed E-state index contributed by atoms with van der Waals surface area (Å²) in [5.74, 6) is 0.0793. The number of nitriles is 1. The number of rotatable bonds is 8. The number of carbonyl (C=O) groups excluding carboxylic acids is 1. The average molecular weight is 426 g/mol. The van der Waals surface area contributed by atoms with Crippen molar-refractivity contribution in [2.45, 2.75) is 58.9 Å². The van der Waals surface area contributed by atoms with Crippen molar-refractivity contribution in [1.29, 1.82) is 5.26 Å². The molecule has 0 aliphatic carbocycles. The van der Waals surface area contributed by atoms with Gasteiger partial charge >= 0.3 is 0 Å². The molecule has 1 aromatic carbocycles. The maximum absolute atomic E-state index is 12.4. The van der Waals surface area contributed by atoms with Gasteiger partial charge in [0.2, 0.25) is 0 Å². The maximum atomic E-state index is 12.4. The molecule has 6 heteroatoms. The molecule has 1 amide bonds. The Hall–Kier alpha value is -2.52. The molecule has 0 fully saturated rings. The molecule has 0 saturated carbocycles. The Kier molecular flexibility index (Phi) is 7.38. The monoisotopic (exact) mass is 425 g/mol. The zero-order chi connectivity index (χ0) is 21.7. The van der Waals surface area contributed by atoms with Crippen molar-refractivity contribution in [2.75, 3.05) is 18.0 Å². The topological polar surface area (TPSA) is 76.4 Å². The van der Waals surface area contributed by atoms with Crippen LogP contribution in [0.2, 0.25) is 0 Å². The Morgan fingerprint density at radius 1 is 1.37 bits per heavy atom. The number of aryl methyl sites for hydroxylation is 1. The highest BCUT2D eigenvalue weighted by Crippen LogP contribution is 2.41. The van der Waals surface area contributed by atoms with Crippen molar-refractivity contribution in [1.82, 2.24) is 5.32 Å². The van der Waals surface area contributed by atoms with E-state index in [9.17, 15) is 15.2 Å². The minimum atomic E-state index is -0.247. The molecule has 0 bridgehead atoms.